The van der Waals surface area contributed by atoms with E-state index in [1.54, 1.807) is 0 Å². The summed E-state index contributed by atoms with van der Waals surface area (Å²) >= 11 is 3.65. The van der Waals surface area contributed by atoms with Gasteiger partial charge in [-0.05, 0) is 51.8 Å². The number of piperazine rings is 1. The molecule has 1 fully saturated rings. The maximum absolute atomic E-state index is 12.3. The van der Waals surface area contributed by atoms with Crippen molar-refractivity contribution in [3.8, 4) is 0 Å². The minimum atomic E-state index is -0.444. The number of hydrogen-bond donors (Lipinski definition) is 0. The summed E-state index contributed by atoms with van der Waals surface area (Å²) in [5.74, 6) is 0. The van der Waals surface area contributed by atoms with Crippen LogP contribution in [0.3, 0.4) is 0 Å². The minimum Gasteiger partial charge on any atom is -0.444 e. The van der Waals surface area contributed by atoms with Gasteiger partial charge in [-0.2, -0.15) is 0 Å². The lowest BCUT2D eigenvalue weighted by molar-refractivity contribution is 0.000540. The molecule has 0 aliphatic carbocycles. The lowest BCUT2D eigenvalue weighted by Gasteiger charge is -2.40. The van der Waals surface area contributed by atoms with E-state index in [9.17, 15) is 4.79 Å². The molecular formula is C18H27BrN2O2. The smallest absolute Gasteiger partial charge is 0.410 e. The van der Waals surface area contributed by atoms with Crippen LogP contribution in [-0.4, -0.2) is 47.2 Å². The molecule has 0 spiro atoms. The van der Waals surface area contributed by atoms with Crippen molar-refractivity contribution in [2.45, 2.75) is 52.8 Å². The molecule has 4 nitrogen and oxygen atoms in total. The zero-order chi connectivity index (χ0) is 17.2. The lowest BCUT2D eigenvalue weighted by Crippen LogP contribution is -2.54. The van der Waals surface area contributed by atoms with Crippen molar-refractivity contribution >= 4 is 22.0 Å². The predicted octanol–water partition coefficient (Wildman–Crippen LogP) is 4.20. The van der Waals surface area contributed by atoms with Gasteiger partial charge in [-0.3, -0.25) is 4.90 Å². The normalized spacial score (nSPS) is 19.7. The van der Waals surface area contributed by atoms with E-state index < -0.39 is 5.60 Å². The third kappa shape index (κ3) is 5.21. The van der Waals surface area contributed by atoms with Crippen LogP contribution in [0, 0.1) is 6.92 Å². The van der Waals surface area contributed by atoms with Crippen LogP contribution in [0.2, 0.25) is 0 Å². The maximum atomic E-state index is 12.3. The van der Waals surface area contributed by atoms with Gasteiger partial charge in [0.05, 0.1) is 0 Å². The molecule has 0 bridgehead atoms. The summed E-state index contributed by atoms with van der Waals surface area (Å²) in [5, 5.41) is 0. The largest absolute Gasteiger partial charge is 0.444 e. The lowest BCUT2D eigenvalue weighted by atomic mass is 10.1. The molecular weight excluding hydrogens is 356 g/mol. The van der Waals surface area contributed by atoms with E-state index in [0.717, 1.165) is 24.1 Å². The summed E-state index contributed by atoms with van der Waals surface area (Å²) in [6.07, 6.45) is -0.207. The highest BCUT2D eigenvalue weighted by Gasteiger charge is 2.30. The Hall–Kier alpha value is -1.07. The Kier molecular flexibility index (Phi) is 5.74. The molecule has 1 saturated heterocycles. The number of benzene rings is 1. The van der Waals surface area contributed by atoms with E-state index >= 15 is 0 Å². The zero-order valence-corrected chi connectivity index (χ0v) is 16.3. The van der Waals surface area contributed by atoms with Gasteiger partial charge < -0.3 is 9.64 Å². The first-order valence-electron chi connectivity index (χ1n) is 8.13. The van der Waals surface area contributed by atoms with Gasteiger partial charge in [-0.15, -0.1) is 0 Å². The van der Waals surface area contributed by atoms with Crippen LogP contribution in [0.1, 0.15) is 38.8 Å². The molecule has 0 radical (unpaired) electrons. The summed E-state index contributed by atoms with van der Waals surface area (Å²) in [6.45, 7) is 13.2. The number of rotatable bonds is 2. The highest BCUT2D eigenvalue weighted by Crippen LogP contribution is 2.22. The Morgan fingerprint density at radius 2 is 2.04 bits per heavy atom. The van der Waals surface area contributed by atoms with Gasteiger partial charge in [-0.25, -0.2) is 4.79 Å². The van der Waals surface area contributed by atoms with Crippen LogP contribution in [-0.2, 0) is 11.3 Å². The Labute approximate surface area is 147 Å². The Bertz CT molecular complexity index is 569. The standard InChI is InChI=1S/C18H27BrN2O2/c1-13-6-7-15(16(19)10-13)12-20-8-9-21(14(2)11-20)17(22)23-18(3,4)5/h6-7,10,14H,8-9,11-12H2,1-5H3/t14-/m0/s1. The summed E-state index contributed by atoms with van der Waals surface area (Å²) in [6, 6.07) is 6.61. The number of hydrogen-bond acceptors (Lipinski definition) is 3. The quantitative estimate of drug-likeness (QED) is 0.768. The summed E-state index contributed by atoms with van der Waals surface area (Å²) in [7, 11) is 0. The van der Waals surface area contributed by atoms with Crippen molar-refractivity contribution in [3.05, 3.63) is 33.8 Å². The number of halogens is 1. The van der Waals surface area contributed by atoms with E-state index in [1.807, 2.05) is 25.7 Å². The van der Waals surface area contributed by atoms with Crippen LogP contribution in [0.25, 0.3) is 0 Å². The molecule has 0 N–H and O–H groups in total. The molecule has 0 aromatic heterocycles. The van der Waals surface area contributed by atoms with E-state index in [0.29, 0.717) is 6.54 Å². The average Bonchev–Trinajstić information content (AvgIpc) is 2.40. The van der Waals surface area contributed by atoms with Crippen molar-refractivity contribution < 1.29 is 9.53 Å². The number of carbonyl (C=O) groups is 1. The molecule has 1 aromatic rings. The molecule has 1 aliphatic heterocycles. The Balaban J connectivity index is 1.94. The van der Waals surface area contributed by atoms with Gasteiger partial charge in [0.15, 0.2) is 0 Å². The van der Waals surface area contributed by atoms with E-state index in [2.05, 4.69) is 52.9 Å². The molecule has 1 amide bonds. The molecule has 23 heavy (non-hydrogen) atoms. The molecule has 128 valence electrons. The highest BCUT2D eigenvalue weighted by atomic mass is 79.9. The third-order valence-corrected chi connectivity index (χ3v) is 4.68. The summed E-state index contributed by atoms with van der Waals surface area (Å²) < 4.78 is 6.65. The first kappa shape index (κ1) is 18.3. The van der Waals surface area contributed by atoms with Crippen molar-refractivity contribution in [2.75, 3.05) is 19.6 Å². The Morgan fingerprint density at radius 1 is 1.35 bits per heavy atom. The van der Waals surface area contributed by atoms with Gasteiger partial charge in [0, 0.05) is 36.7 Å². The molecule has 0 unspecified atom stereocenters. The van der Waals surface area contributed by atoms with E-state index in [1.165, 1.54) is 11.1 Å². The third-order valence-electron chi connectivity index (χ3n) is 3.94. The van der Waals surface area contributed by atoms with E-state index in [-0.39, 0.29) is 12.1 Å². The zero-order valence-electron chi connectivity index (χ0n) is 14.7. The minimum absolute atomic E-state index is 0.155. The highest BCUT2D eigenvalue weighted by molar-refractivity contribution is 9.10. The maximum Gasteiger partial charge on any atom is 0.410 e. The van der Waals surface area contributed by atoms with Gasteiger partial charge in [0.25, 0.3) is 0 Å². The molecule has 1 atom stereocenters. The van der Waals surface area contributed by atoms with Crippen LogP contribution in [0.5, 0.6) is 0 Å². The second-order valence-corrected chi connectivity index (χ2v) is 8.21. The number of aryl methyl sites for hydroxylation is 1. The van der Waals surface area contributed by atoms with Gasteiger partial charge in [0.1, 0.15) is 5.60 Å². The topological polar surface area (TPSA) is 32.8 Å². The SMILES string of the molecule is Cc1ccc(CN2CCN(C(=O)OC(C)(C)C)[C@@H](C)C2)c(Br)c1. The first-order chi connectivity index (χ1) is 10.7. The van der Waals surface area contributed by atoms with Crippen LogP contribution >= 0.6 is 15.9 Å². The number of nitrogens with zero attached hydrogens (tertiary/aromatic N) is 2. The molecule has 5 heteroatoms. The second-order valence-electron chi connectivity index (χ2n) is 7.35. The van der Waals surface area contributed by atoms with Crippen molar-refractivity contribution in [3.63, 3.8) is 0 Å². The first-order valence-corrected chi connectivity index (χ1v) is 8.92. The van der Waals surface area contributed by atoms with Crippen molar-refractivity contribution in [1.82, 2.24) is 9.80 Å². The van der Waals surface area contributed by atoms with Crippen molar-refractivity contribution in [1.29, 1.82) is 0 Å². The van der Waals surface area contributed by atoms with Gasteiger partial charge in [0.2, 0.25) is 0 Å². The summed E-state index contributed by atoms with van der Waals surface area (Å²) in [4.78, 5) is 16.5. The monoisotopic (exact) mass is 382 g/mol. The fourth-order valence-corrected chi connectivity index (χ4v) is 3.41. The van der Waals surface area contributed by atoms with Gasteiger partial charge in [-0.1, -0.05) is 28.1 Å². The second kappa shape index (κ2) is 7.22. The van der Waals surface area contributed by atoms with Crippen LogP contribution in [0.4, 0.5) is 4.79 Å². The number of carbonyl (C=O) groups excluding carboxylic acids is 1. The van der Waals surface area contributed by atoms with Gasteiger partial charge >= 0.3 is 6.09 Å². The van der Waals surface area contributed by atoms with Crippen LogP contribution in [0.15, 0.2) is 22.7 Å². The molecule has 1 heterocycles. The Morgan fingerprint density at radius 3 is 2.61 bits per heavy atom. The number of ether oxygens (including phenoxy) is 1. The molecule has 1 aliphatic rings. The number of amides is 1. The molecule has 0 saturated carbocycles. The van der Waals surface area contributed by atoms with Crippen molar-refractivity contribution in [2.24, 2.45) is 0 Å². The fraction of sp³-hybridized carbons (Fsp3) is 0.611. The van der Waals surface area contributed by atoms with E-state index in [4.69, 9.17) is 4.74 Å². The fourth-order valence-electron chi connectivity index (χ4n) is 2.79. The average molecular weight is 383 g/mol. The van der Waals surface area contributed by atoms with Crippen LogP contribution < -0.4 is 0 Å². The predicted molar refractivity (Wildman–Crippen MR) is 96.6 cm³/mol. The summed E-state index contributed by atoms with van der Waals surface area (Å²) in [5.41, 5.74) is 2.10. The molecule has 1 aromatic carbocycles. The molecule has 2 rings (SSSR count).